The summed E-state index contributed by atoms with van der Waals surface area (Å²) in [4.78, 5) is 7.40. The molecule has 0 radical (unpaired) electrons. The fourth-order valence-electron chi connectivity index (χ4n) is 8.51. The summed E-state index contributed by atoms with van der Waals surface area (Å²) in [7, 11) is 0. The van der Waals surface area contributed by atoms with Gasteiger partial charge < -0.3 is 0 Å². The molecule has 2 heteroatoms. The predicted octanol–water partition coefficient (Wildman–Crippen LogP) is 14.3. The summed E-state index contributed by atoms with van der Waals surface area (Å²) in [6, 6.07) is 61.9. The number of hydrogen-bond acceptors (Lipinski definition) is 2. The normalized spacial score (nSPS) is 12.3. The molecule has 1 aliphatic carbocycles. The van der Waals surface area contributed by atoms with Gasteiger partial charge in [-0.05, 0) is 128 Å². The summed E-state index contributed by atoms with van der Waals surface area (Å²) in [5.74, 6) is 0.925. The van der Waals surface area contributed by atoms with E-state index >= 15 is 0 Å². The van der Waals surface area contributed by atoms with Gasteiger partial charge in [0.1, 0.15) is 5.82 Å². The first-order chi connectivity index (χ1) is 26.7. The van der Waals surface area contributed by atoms with Crippen molar-refractivity contribution >= 4 is 55.6 Å². The molecule has 0 amide bonds. The summed E-state index contributed by atoms with van der Waals surface area (Å²) >= 11 is 0. The molecule has 0 spiro atoms. The fraction of sp³-hybridized carbons (Fsp3) is 0.0577. The van der Waals surface area contributed by atoms with Crippen molar-refractivity contribution in [2.45, 2.75) is 19.8 Å². The van der Waals surface area contributed by atoms with Crippen LogP contribution in [-0.4, -0.2) is 4.98 Å². The lowest BCUT2D eigenvalue weighted by atomic mass is 9.78. The number of hydrogen-bond donors (Lipinski definition) is 0. The van der Waals surface area contributed by atoms with Crippen molar-refractivity contribution < 1.29 is 0 Å². The third-order valence-electron chi connectivity index (χ3n) is 11.0. The zero-order valence-corrected chi connectivity index (χ0v) is 30.2. The van der Waals surface area contributed by atoms with Crippen LogP contribution >= 0.6 is 0 Å². The monoisotopic (exact) mass is 690 g/mol. The van der Waals surface area contributed by atoms with E-state index in [4.69, 9.17) is 4.98 Å². The Morgan fingerprint density at radius 3 is 1.91 bits per heavy atom. The van der Waals surface area contributed by atoms with Crippen LogP contribution < -0.4 is 4.90 Å². The molecule has 0 N–H and O–H groups in total. The molecule has 54 heavy (non-hydrogen) atoms. The maximum atomic E-state index is 5.06. The molecule has 0 aliphatic heterocycles. The highest BCUT2D eigenvalue weighted by Crippen LogP contribution is 2.50. The van der Waals surface area contributed by atoms with Crippen LogP contribution in [0, 0.1) is 6.92 Å². The second kappa shape index (κ2) is 13.3. The molecule has 0 atom stereocenters. The van der Waals surface area contributed by atoms with Crippen molar-refractivity contribution in [3.05, 3.63) is 199 Å². The van der Waals surface area contributed by atoms with Gasteiger partial charge in [0.05, 0.1) is 0 Å². The first-order valence-corrected chi connectivity index (χ1v) is 18.9. The van der Waals surface area contributed by atoms with E-state index in [1.165, 1.54) is 77.0 Å². The van der Waals surface area contributed by atoms with Crippen LogP contribution in [-0.2, 0) is 6.42 Å². The third-order valence-corrected chi connectivity index (χ3v) is 11.0. The second-order valence-electron chi connectivity index (χ2n) is 14.3. The van der Waals surface area contributed by atoms with Crippen molar-refractivity contribution in [2.75, 3.05) is 4.90 Å². The first-order valence-electron chi connectivity index (χ1n) is 18.9. The predicted molar refractivity (Wildman–Crippen MR) is 230 cm³/mol. The van der Waals surface area contributed by atoms with Gasteiger partial charge in [0.15, 0.2) is 0 Å². The summed E-state index contributed by atoms with van der Waals surface area (Å²) in [5.41, 5.74) is 13.5. The number of aromatic nitrogens is 1. The highest BCUT2D eigenvalue weighted by atomic mass is 15.2. The van der Waals surface area contributed by atoms with Gasteiger partial charge in [-0.2, -0.15) is 0 Å². The summed E-state index contributed by atoms with van der Waals surface area (Å²) in [6.07, 6.45) is 8.67. The lowest BCUT2D eigenvalue weighted by Crippen LogP contribution is -2.12. The van der Waals surface area contributed by atoms with Crippen molar-refractivity contribution in [1.29, 1.82) is 0 Å². The van der Waals surface area contributed by atoms with E-state index in [1.54, 1.807) is 0 Å². The Bertz CT molecular complexity index is 2850. The average molecular weight is 691 g/mol. The van der Waals surface area contributed by atoms with Gasteiger partial charge in [-0.1, -0.05) is 151 Å². The molecular weight excluding hydrogens is 653 g/mol. The van der Waals surface area contributed by atoms with Crippen molar-refractivity contribution in [1.82, 2.24) is 4.98 Å². The maximum Gasteiger partial charge on any atom is 0.145 e. The molecule has 0 saturated heterocycles. The molecule has 1 heterocycles. The number of benzene rings is 8. The van der Waals surface area contributed by atoms with Gasteiger partial charge in [0.2, 0.25) is 0 Å². The zero-order valence-electron chi connectivity index (χ0n) is 30.2. The van der Waals surface area contributed by atoms with Gasteiger partial charge in [0.25, 0.3) is 0 Å². The van der Waals surface area contributed by atoms with Crippen LogP contribution in [0.15, 0.2) is 182 Å². The molecule has 9 aromatic rings. The van der Waals surface area contributed by atoms with E-state index in [0.717, 1.165) is 35.4 Å². The zero-order chi connectivity index (χ0) is 36.0. The molecule has 1 aromatic heterocycles. The second-order valence-corrected chi connectivity index (χ2v) is 14.3. The summed E-state index contributed by atoms with van der Waals surface area (Å²) < 4.78 is 0. The van der Waals surface area contributed by atoms with Gasteiger partial charge in [-0.15, -0.1) is 0 Å². The number of nitrogens with zero attached hydrogens (tertiary/aromatic N) is 2. The highest BCUT2D eigenvalue weighted by molar-refractivity contribution is 6.25. The number of pyridine rings is 1. The molecule has 256 valence electrons. The average Bonchev–Trinajstić information content (AvgIpc) is 3.25. The Labute approximate surface area is 316 Å². The minimum absolute atomic E-state index is 0.925. The lowest BCUT2D eigenvalue weighted by molar-refractivity contribution is 1.00. The Kier molecular flexibility index (Phi) is 7.88. The molecular formula is C52H38N2. The van der Waals surface area contributed by atoms with E-state index in [2.05, 4.69) is 194 Å². The van der Waals surface area contributed by atoms with Crippen LogP contribution in [0.2, 0.25) is 0 Å². The van der Waals surface area contributed by atoms with Crippen LogP contribution in [0.5, 0.6) is 0 Å². The molecule has 0 fully saturated rings. The fourth-order valence-corrected chi connectivity index (χ4v) is 8.51. The van der Waals surface area contributed by atoms with E-state index in [9.17, 15) is 0 Å². The van der Waals surface area contributed by atoms with Crippen molar-refractivity contribution in [2.24, 2.45) is 0 Å². The standard InChI is InChI=1S/C52H38N2/c1-35-25-27-40(28-26-35)54(52-42-22-12-11-19-38(42)31-32-53-52)41-29-30-45-48(33-41)43-23-13-14-24-44(43)50-47(37-17-7-3-8-18-37)34-46(36-15-5-2-6-16-36)49(51(45)50)39-20-9-4-10-21-39/h2-12,14-22,24-34H,13,23H2,1H3. The maximum absolute atomic E-state index is 5.06. The Morgan fingerprint density at radius 1 is 0.519 bits per heavy atom. The Hall–Kier alpha value is -6.77. The van der Waals surface area contributed by atoms with Gasteiger partial charge in [-0.3, -0.25) is 4.90 Å². The van der Waals surface area contributed by atoms with Gasteiger partial charge >= 0.3 is 0 Å². The number of aryl methyl sites for hydroxylation is 2. The van der Waals surface area contributed by atoms with Crippen LogP contribution in [0.3, 0.4) is 0 Å². The first kappa shape index (κ1) is 31.9. The quantitative estimate of drug-likeness (QED) is 0.161. The van der Waals surface area contributed by atoms with Crippen LogP contribution in [0.1, 0.15) is 23.1 Å². The lowest BCUT2D eigenvalue weighted by Gasteiger charge is -2.28. The van der Waals surface area contributed by atoms with Gasteiger partial charge in [-0.25, -0.2) is 4.98 Å². The van der Waals surface area contributed by atoms with Crippen molar-refractivity contribution in [3.8, 4) is 33.4 Å². The number of rotatable bonds is 6. The molecule has 0 bridgehead atoms. The minimum Gasteiger partial charge on any atom is -0.295 e. The molecule has 10 rings (SSSR count). The van der Waals surface area contributed by atoms with Crippen molar-refractivity contribution in [3.63, 3.8) is 0 Å². The number of allylic oxidation sites excluding steroid dienone is 1. The molecule has 2 nitrogen and oxygen atoms in total. The highest BCUT2D eigenvalue weighted by Gasteiger charge is 2.25. The topological polar surface area (TPSA) is 16.1 Å². The molecule has 8 aromatic carbocycles. The van der Waals surface area contributed by atoms with Crippen LogP contribution in [0.25, 0.3) is 71.8 Å². The van der Waals surface area contributed by atoms with E-state index in [-0.39, 0.29) is 0 Å². The van der Waals surface area contributed by atoms with Crippen LogP contribution in [0.4, 0.5) is 17.2 Å². The number of anilines is 3. The van der Waals surface area contributed by atoms with E-state index < -0.39 is 0 Å². The molecule has 1 aliphatic rings. The largest absolute Gasteiger partial charge is 0.295 e. The molecule has 0 unspecified atom stereocenters. The summed E-state index contributed by atoms with van der Waals surface area (Å²) in [6.45, 7) is 2.14. The Morgan fingerprint density at radius 2 is 1.17 bits per heavy atom. The van der Waals surface area contributed by atoms with E-state index in [0.29, 0.717) is 0 Å². The van der Waals surface area contributed by atoms with Gasteiger partial charge in [0, 0.05) is 23.0 Å². The summed E-state index contributed by atoms with van der Waals surface area (Å²) in [5, 5.41) is 7.46. The molecule has 0 saturated carbocycles. The Balaban J connectivity index is 1.36. The number of fused-ring (bicyclic) bond motifs is 7. The van der Waals surface area contributed by atoms with E-state index in [1.807, 2.05) is 6.20 Å². The third kappa shape index (κ3) is 5.38. The SMILES string of the molecule is Cc1ccc(N(c2ccc3c(c2)c2c(c4c(-c5ccccc5)cc(-c5ccccc5)c(-c5ccccc5)c43)C=CCC2)c2nccc3ccccc23)cc1. The smallest absolute Gasteiger partial charge is 0.145 e. The minimum atomic E-state index is 0.925.